The number of nitrogens with one attached hydrogen (secondary N) is 1. The van der Waals surface area contributed by atoms with Crippen molar-refractivity contribution in [3.63, 3.8) is 0 Å². The lowest BCUT2D eigenvalue weighted by atomic mass is 9.42. The van der Waals surface area contributed by atoms with Crippen LogP contribution in [0.2, 0.25) is 0 Å². The molecule has 10 atom stereocenters. The van der Waals surface area contributed by atoms with Gasteiger partial charge in [-0.05, 0) is 105 Å². The SMILES string of the molecule is C[C@@]12CC[C@@H](OC(=O)CCCCCCC(=O)N[C@@H](CCCN=C(N)N)C(=O)O)C[C@]1(O)CC[C@@H]1[C@H]2CC[C@@]2(C)[C@H](c3ccc(=O)oc3)C[C@H]3O[C@]132. The van der Waals surface area contributed by atoms with Gasteiger partial charge in [0.05, 0.1) is 18.0 Å². The Morgan fingerprint density at radius 1 is 1.00 bits per heavy atom. The zero-order chi connectivity index (χ0) is 36.6. The topological polar surface area (TPSA) is 220 Å². The van der Waals surface area contributed by atoms with Crippen LogP contribution >= 0.6 is 0 Å². The van der Waals surface area contributed by atoms with Gasteiger partial charge in [-0.15, -0.1) is 0 Å². The summed E-state index contributed by atoms with van der Waals surface area (Å²) in [6.07, 6.45) is 11.9. The minimum Gasteiger partial charge on any atom is -0.480 e. The van der Waals surface area contributed by atoms with Gasteiger partial charge in [0.2, 0.25) is 5.91 Å². The van der Waals surface area contributed by atoms with Crippen LogP contribution in [0, 0.1) is 22.7 Å². The summed E-state index contributed by atoms with van der Waals surface area (Å²) in [5, 5.41) is 24.2. The standard InChI is InChI=1S/C38H56N4O9/c1-35-16-13-24(50-32(45)10-6-4-3-5-9-30(43)42-28(33(46)47)8-7-19-41-34(39)40)21-37(35,48)18-15-26-25(35)14-17-36(2)27(20-29-38(26,36)51-29)23-11-12-31(44)49-22-23/h11-12,22,24-29,48H,3-10,13-21H2,1-2H3,(H,42,43)(H,46,47)(H4,39,40,41)/t24-,25-,26-,27+,28+,29-,35+,36+,37-,38-/m1/s1. The zero-order valence-corrected chi connectivity index (χ0v) is 30.1. The zero-order valence-electron chi connectivity index (χ0n) is 30.1. The number of carbonyl (C=O) groups excluding carboxylic acids is 2. The summed E-state index contributed by atoms with van der Waals surface area (Å²) in [5.41, 5.74) is 9.86. The minimum absolute atomic E-state index is 0.0517. The smallest absolute Gasteiger partial charge is 0.335 e. The first kappa shape index (κ1) is 37.3. The molecule has 1 spiro atoms. The summed E-state index contributed by atoms with van der Waals surface area (Å²) >= 11 is 0. The van der Waals surface area contributed by atoms with Gasteiger partial charge < -0.3 is 40.9 Å². The molecular formula is C38H56N4O9. The van der Waals surface area contributed by atoms with Gasteiger partial charge in [-0.3, -0.25) is 14.6 Å². The Morgan fingerprint density at radius 3 is 2.43 bits per heavy atom. The second-order valence-corrected chi connectivity index (χ2v) is 16.4. The van der Waals surface area contributed by atoms with Crippen LogP contribution in [0.4, 0.5) is 0 Å². The van der Waals surface area contributed by atoms with Gasteiger partial charge in [0.1, 0.15) is 17.7 Å². The Bertz CT molecular complexity index is 1540. The monoisotopic (exact) mass is 712 g/mol. The van der Waals surface area contributed by atoms with Crippen molar-refractivity contribution in [2.75, 3.05) is 6.54 Å². The molecule has 1 saturated heterocycles. The number of hydrogen-bond acceptors (Lipinski definition) is 9. The lowest BCUT2D eigenvalue weighted by Gasteiger charge is -2.64. The maximum Gasteiger partial charge on any atom is 0.335 e. The van der Waals surface area contributed by atoms with Crippen molar-refractivity contribution >= 4 is 23.8 Å². The van der Waals surface area contributed by atoms with Crippen LogP contribution in [-0.4, -0.2) is 70.0 Å². The molecule has 6 rings (SSSR count). The van der Waals surface area contributed by atoms with E-state index in [1.165, 1.54) is 6.07 Å². The van der Waals surface area contributed by atoms with Crippen molar-refractivity contribution in [1.82, 2.24) is 5.32 Å². The summed E-state index contributed by atoms with van der Waals surface area (Å²) in [5.74, 6) is -0.757. The molecule has 4 saturated carbocycles. The number of carboxylic acids is 1. The summed E-state index contributed by atoms with van der Waals surface area (Å²) in [4.78, 5) is 52.1. The van der Waals surface area contributed by atoms with E-state index in [0.29, 0.717) is 50.5 Å². The van der Waals surface area contributed by atoms with E-state index in [4.69, 9.17) is 25.4 Å². The van der Waals surface area contributed by atoms with E-state index >= 15 is 0 Å². The summed E-state index contributed by atoms with van der Waals surface area (Å²) in [7, 11) is 0. The quantitative estimate of drug-likeness (QED) is 0.0577. The van der Waals surface area contributed by atoms with E-state index < -0.39 is 17.6 Å². The number of aliphatic carboxylic acids is 1. The number of guanidine groups is 1. The first-order chi connectivity index (χ1) is 24.2. The molecule has 51 heavy (non-hydrogen) atoms. The van der Waals surface area contributed by atoms with E-state index in [1.807, 2.05) is 6.07 Å². The Balaban J connectivity index is 0.929. The third-order valence-electron chi connectivity index (χ3n) is 13.7. The van der Waals surface area contributed by atoms with Crippen LogP contribution in [0.3, 0.4) is 0 Å². The normalized spacial score (nSPS) is 36.7. The number of epoxide rings is 1. The van der Waals surface area contributed by atoms with E-state index in [2.05, 4.69) is 24.2 Å². The first-order valence-corrected chi connectivity index (χ1v) is 19.0. The molecule has 1 aromatic rings. The molecule has 0 bridgehead atoms. The van der Waals surface area contributed by atoms with Gasteiger partial charge in [-0.25, -0.2) is 9.59 Å². The Morgan fingerprint density at radius 2 is 1.73 bits per heavy atom. The molecule has 5 aliphatic rings. The highest BCUT2D eigenvalue weighted by Gasteiger charge is 2.81. The van der Waals surface area contributed by atoms with Crippen molar-refractivity contribution in [3.8, 4) is 0 Å². The molecule has 282 valence electrons. The van der Waals surface area contributed by atoms with Gasteiger partial charge in [0.15, 0.2) is 5.96 Å². The highest BCUT2D eigenvalue weighted by atomic mass is 16.6. The predicted molar refractivity (Wildman–Crippen MR) is 187 cm³/mol. The van der Waals surface area contributed by atoms with Gasteiger partial charge in [-0.1, -0.05) is 26.7 Å². The summed E-state index contributed by atoms with van der Waals surface area (Å²) in [6, 6.07) is 2.44. The van der Waals surface area contributed by atoms with Crippen LogP contribution in [0.15, 0.2) is 32.6 Å². The summed E-state index contributed by atoms with van der Waals surface area (Å²) < 4.78 is 17.9. The number of carboxylic acid groups (broad SMARTS) is 1. The van der Waals surface area contributed by atoms with E-state index in [0.717, 1.165) is 56.9 Å². The second-order valence-electron chi connectivity index (χ2n) is 16.4. The number of esters is 1. The van der Waals surface area contributed by atoms with Crippen LogP contribution in [0.1, 0.15) is 128 Å². The average Bonchev–Trinajstić information content (AvgIpc) is 3.73. The van der Waals surface area contributed by atoms with Crippen LogP contribution in [-0.2, 0) is 23.9 Å². The van der Waals surface area contributed by atoms with Gasteiger partial charge >= 0.3 is 17.6 Å². The molecule has 13 heteroatoms. The molecule has 2 heterocycles. The number of fused-ring (bicyclic) bond motifs is 3. The number of nitrogens with zero attached hydrogens (tertiary/aromatic N) is 1. The van der Waals surface area contributed by atoms with Crippen molar-refractivity contribution in [2.24, 2.45) is 39.1 Å². The molecule has 0 radical (unpaired) electrons. The van der Waals surface area contributed by atoms with Gasteiger partial charge in [0.25, 0.3) is 0 Å². The van der Waals surface area contributed by atoms with E-state index in [1.54, 1.807) is 6.26 Å². The van der Waals surface area contributed by atoms with Crippen LogP contribution in [0.5, 0.6) is 0 Å². The number of aliphatic hydroxyl groups is 1. The minimum atomic E-state index is -1.10. The number of rotatable bonds is 15. The second kappa shape index (κ2) is 14.5. The number of unbranched alkanes of at least 4 members (excludes halogenated alkanes) is 3. The average molecular weight is 713 g/mol. The largest absolute Gasteiger partial charge is 0.480 e. The third kappa shape index (κ3) is 7.04. The Kier molecular flexibility index (Phi) is 10.6. The molecule has 0 aromatic carbocycles. The number of nitrogens with two attached hydrogens (primary N) is 2. The maximum absolute atomic E-state index is 12.8. The van der Waals surface area contributed by atoms with Crippen molar-refractivity contribution in [2.45, 2.75) is 152 Å². The number of aliphatic imine (C=N–C) groups is 1. The number of carbonyl (C=O) groups is 3. The lowest BCUT2D eigenvalue weighted by molar-refractivity contribution is -0.227. The first-order valence-electron chi connectivity index (χ1n) is 19.0. The fourth-order valence-corrected chi connectivity index (χ4v) is 11.0. The Labute approximate surface area is 299 Å². The van der Waals surface area contributed by atoms with Crippen molar-refractivity contribution in [1.29, 1.82) is 0 Å². The fourth-order valence-electron chi connectivity index (χ4n) is 11.0. The molecule has 1 aliphatic heterocycles. The molecule has 0 unspecified atom stereocenters. The van der Waals surface area contributed by atoms with Gasteiger partial charge in [0, 0.05) is 37.3 Å². The van der Waals surface area contributed by atoms with Crippen LogP contribution in [0.25, 0.3) is 0 Å². The molecule has 4 aliphatic carbocycles. The summed E-state index contributed by atoms with van der Waals surface area (Å²) in [6.45, 7) is 4.92. The molecule has 7 N–H and O–H groups in total. The van der Waals surface area contributed by atoms with Crippen molar-refractivity contribution in [3.05, 3.63) is 34.4 Å². The highest BCUT2D eigenvalue weighted by Crippen LogP contribution is 2.78. The van der Waals surface area contributed by atoms with E-state index in [-0.39, 0.29) is 77.3 Å². The van der Waals surface area contributed by atoms with Gasteiger partial charge in [-0.2, -0.15) is 0 Å². The van der Waals surface area contributed by atoms with Crippen molar-refractivity contribution < 1.29 is 38.5 Å². The molecular weight excluding hydrogens is 656 g/mol. The lowest BCUT2D eigenvalue weighted by Crippen LogP contribution is -2.65. The molecule has 1 aromatic heterocycles. The third-order valence-corrected chi connectivity index (χ3v) is 13.7. The van der Waals surface area contributed by atoms with Crippen LogP contribution < -0.4 is 22.4 Å². The molecule has 1 amide bonds. The number of ether oxygens (including phenoxy) is 2. The number of hydrogen-bond donors (Lipinski definition) is 5. The molecule has 5 fully saturated rings. The molecule has 13 nitrogen and oxygen atoms in total. The highest BCUT2D eigenvalue weighted by molar-refractivity contribution is 5.83. The number of amides is 1. The fraction of sp³-hybridized carbons (Fsp3) is 0.763. The predicted octanol–water partition coefficient (Wildman–Crippen LogP) is 3.89. The maximum atomic E-state index is 12.8. The Hall–Kier alpha value is -3.45. The van der Waals surface area contributed by atoms with E-state index in [9.17, 15) is 29.4 Å².